The number of esters is 1. The number of halogens is 3. The fourth-order valence-corrected chi connectivity index (χ4v) is 4.76. The van der Waals surface area contributed by atoms with E-state index in [1.807, 2.05) is 60.7 Å². The molecule has 2 unspecified atom stereocenters. The van der Waals surface area contributed by atoms with Gasteiger partial charge in [0, 0.05) is 7.05 Å². The van der Waals surface area contributed by atoms with Gasteiger partial charge < -0.3 is 9.47 Å². The summed E-state index contributed by atoms with van der Waals surface area (Å²) in [6.45, 7) is 0.413. The van der Waals surface area contributed by atoms with Crippen LogP contribution in [0.25, 0.3) is 11.1 Å². The summed E-state index contributed by atoms with van der Waals surface area (Å²) in [6, 6.07) is 32.5. The lowest BCUT2D eigenvalue weighted by atomic mass is 9.81. The van der Waals surface area contributed by atoms with Crippen molar-refractivity contribution in [3.63, 3.8) is 0 Å². The average Bonchev–Trinajstić information content (AvgIpc) is 3.18. The number of carbonyl (C=O) groups is 2. The van der Waals surface area contributed by atoms with E-state index in [0.717, 1.165) is 21.6 Å². The Hall–Kier alpha value is -4.67. The zero-order chi connectivity index (χ0) is 29.3. The molecule has 0 saturated carbocycles. The van der Waals surface area contributed by atoms with Crippen LogP contribution in [-0.2, 0) is 26.5 Å². The van der Waals surface area contributed by atoms with Gasteiger partial charge in [0.1, 0.15) is 12.4 Å². The summed E-state index contributed by atoms with van der Waals surface area (Å²) in [7, 11) is 1.17. The molecule has 210 valence electrons. The van der Waals surface area contributed by atoms with Crippen LogP contribution < -0.4 is 15.8 Å². The largest absolute Gasteiger partial charge is 0.491 e. The Morgan fingerprint density at radius 1 is 0.854 bits per heavy atom. The number of benzene rings is 4. The Bertz CT molecular complexity index is 1550. The molecule has 0 radical (unpaired) electrons. The summed E-state index contributed by atoms with van der Waals surface area (Å²) in [5.74, 6) is -5.14. The molecule has 10 heteroatoms. The fraction of sp³-hybridized carbons (Fsp3) is 0.161. The van der Waals surface area contributed by atoms with Gasteiger partial charge in [-0.1, -0.05) is 91.0 Å². The number of carbonyl (C=O) groups excluding carboxylic acids is 2. The van der Waals surface area contributed by atoms with E-state index in [-0.39, 0.29) is 0 Å². The van der Waals surface area contributed by atoms with Crippen LogP contribution in [0.2, 0.25) is 0 Å². The number of nitrogens with two attached hydrogens (primary N) is 1. The summed E-state index contributed by atoms with van der Waals surface area (Å²) < 4.78 is 49.7. The molecule has 0 aromatic heterocycles. The van der Waals surface area contributed by atoms with Crippen LogP contribution in [0.5, 0.6) is 5.75 Å². The Kier molecular flexibility index (Phi) is 7.29. The third-order valence-corrected chi connectivity index (χ3v) is 6.91. The molecule has 0 spiro atoms. The third-order valence-electron chi connectivity index (χ3n) is 6.91. The van der Waals surface area contributed by atoms with Gasteiger partial charge in [-0.05, 0) is 46.0 Å². The van der Waals surface area contributed by atoms with E-state index in [0.29, 0.717) is 23.5 Å². The molecular weight excluding hydrogens is 535 g/mol. The minimum absolute atomic E-state index is 0.387. The predicted octanol–water partition coefficient (Wildman–Crippen LogP) is 4.91. The molecule has 7 nitrogen and oxygen atoms in total. The van der Waals surface area contributed by atoms with Crippen LogP contribution in [0.15, 0.2) is 109 Å². The number of rotatable bonds is 7. The topological polar surface area (TPSA) is 93.9 Å². The van der Waals surface area contributed by atoms with Gasteiger partial charge in [-0.15, -0.1) is 0 Å². The maximum Gasteiger partial charge on any atom is 0.491 e. The van der Waals surface area contributed by atoms with Gasteiger partial charge in [0.05, 0.1) is 0 Å². The second-order valence-electron chi connectivity index (χ2n) is 9.57. The molecular formula is C31H26F3N3O4. The van der Waals surface area contributed by atoms with Crippen molar-refractivity contribution in [3.05, 3.63) is 126 Å². The van der Waals surface area contributed by atoms with E-state index in [9.17, 15) is 22.8 Å². The van der Waals surface area contributed by atoms with Crippen LogP contribution in [0, 0.1) is 0 Å². The highest BCUT2D eigenvalue weighted by Gasteiger charge is 2.62. The van der Waals surface area contributed by atoms with Crippen molar-refractivity contribution < 1.29 is 32.2 Å². The molecule has 1 amide bonds. The molecule has 0 bridgehead atoms. The second kappa shape index (κ2) is 10.7. The number of ether oxygens (including phenoxy) is 2. The summed E-state index contributed by atoms with van der Waals surface area (Å²) in [6.07, 6.45) is -5.31. The van der Waals surface area contributed by atoms with Crippen LogP contribution in [0.3, 0.4) is 0 Å². The van der Waals surface area contributed by atoms with Gasteiger partial charge in [0.2, 0.25) is 0 Å². The van der Waals surface area contributed by atoms with Gasteiger partial charge in [0.15, 0.2) is 5.54 Å². The van der Waals surface area contributed by atoms with Crippen molar-refractivity contribution in [1.82, 2.24) is 10.2 Å². The number of nitrogens with zero attached hydrogens (tertiary/aromatic N) is 1. The van der Waals surface area contributed by atoms with Crippen LogP contribution in [-0.4, -0.2) is 36.0 Å². The van der Waals surface area contributed by atoms with E-state index >= 15 is 0 Å². The van der Waals surface area contributed by atoms with Gasteiger partial charge in [0.25, 0.3) is 5.91 Å². The Morgan fingerprint density at radius 3 is 2.10 bits per heavy atom. The van der Waals surface area contributed by atoms with Gasteiger partial charge >= 0.3 is 18.1 Å². The number of amides is 1. The number of hydrogen-bond acceptors (Lipinski definition) is 6. The Balaban J connectivity index is 1.49. The van der Waals surface area contributed by atoms with E-state index in [4.69, 9.17) is 10.5 Å². The fourth-order valence-electron chi connectivity index (χ4n) is 4.76. The first-order valence-electron chi connectivity index (χ1n) is 12.6. The smallest absolute Gasteiger partial charge is 0.489 e. The first kappa shape index (κ1) is 27.9. The van der Waals surface area contributed by atoms with E-state index < -0.39 is 29.6 Å². The van der Waals surface area contributed by atoms with Crippen LogP contribution >= 0.6 is 0 Å². The number of nitrogens with one attached hydrogen (secondary N) is 1. The molecule has 5 rings (SSSR count). The van der Waals surface area contributed by atoms with Crippen molar-refractivity contribution in [3.8, 4) is 16.9 Å². The third kappa shape index (κ3) is 5.39. The zero-order valence-electron chi connectivity index (χ0n) is 21.9. The maximum atomic E-state index is 13.9. The monoisotopic (exact) mass is 561 g/mol. The first-order valence-corrected chi connectivity index (χ1v) is 12.6. The minimum Gasteiger partial charge on any atom is -0.489 e. The lowest BCUT2D eigenvalue weighted by Gasteiger charge is -2.32. The van der Waals surface area contributed by atoms with Crippen molar-refractivity contribution in [1.29, 1.82) is 0 Å². The predicted molar refractivity (Wildman–Crippen MR) is 145 cm³/mol. The Labute approximate surface area is 234 Å². The Morgan fingerprint density at radius 2 is 1.46 bits per heavy atom. The second-order valence-corrected chi connectivity index (χ2v) is 9.57. The molecule has 2 atom stereocenters. The highest BCUT2D eigenvalue weighted by molar-refractivity contribution is 5.95. The maximum absolute atomic E-state index is 13.9. The van der Waals surface area contributed by atoms with Gasteiger partial charge in [-0.2, -0.15) is 13.2 Å². The van der Waals surface area contributed by atoms with E-state index in [1.165, 1.54) is 7.05 Å². The summed E-state index contributed by atoms with van der Waals surface area (Å²) in [5.41, 5.74) is 7.71. The highest BCUT2D eigenvalue weighted by atomic mass is 19.4. The quantitative estimate of drug-likeness (QED) is 0.246. The zero-order valence-corrected chi connectivity index (χ0v) is 21.9. The minimum atomic E-state index is -5.31. The number of alkyl halides is 3. The summed E-state index contributed by atoms with van der Waals surface area (Å²) >= 11 is 0. The molecule has 1 heterocycles. The lowest BCUT2D eigenvalue weighted by Crippen LogP contribution is -2.64. The summed E-state index contributed by atoms with van der Waals surface area (Å²) in [5, 5.41) is 2.73. The number of hydrogen-bond donors (Lipinski definition) is 2. The van der Waals surface area contributed by atoms with Gasteiger partial charge in [-0.3, -0.25) is 15.4 Å². The number of likely N-dealkylation sites (N-methyl/N-ethyl adjacent to an activating group) is 1. The molecule has 3 N–H and O–H groups in total. The SMILES string of the molecule is CN1C(=O)C(c2ccccc2)(c2cccc(-c3ccc(OCc4ccccc4)cc3)c2)NC1(N)OC(=O)C(F)(F)F. The van der Waals surface area contributed by atoms with Crippen molar-refractivity contribution in [2.45, 2.75) is 24.3 Å². The lowest BCUT2D eigenvalue weighted by molar-refractivity contribution is -0.228. The van der Waals surface area contributed by atoms with Crippen molar-refractivity contribution in [2.24, 2.45) is 5.73 Å². The normalized spacial score (nSPS) is 20.6. The van der Waals surface area contributed by atoms with Crippen molar-refractivity contribution >= 4 is 11.9 Å². The highest BCUT2D eigenvalue weighted by Crippen LogP contribution is 2.41. The molecule has 1 fully saturated rings. The molecule has 1 aliphatic heterocycles. The standard InChI is InChI=1S/C31H26F3N3O4/c1-37-27(38)29(24-12-6-3-7-13-24,36-31(37,35)41-28(39)30(32,33)34)25-14-8-11-23(19-25)22-15-17-26(18-16-22)40-20-21-9-4-2-5-10-21/h2-19,36H,20,35H2,1H3. The summed E-state index contributed by atoms with van der Waals surface area (Å²) in [4.78, 5) is 26.4. The average molecular weight is 562 g/mol. The molecule has 0 aliphatic carbocycles. The first-order chi connectivity index (χ1) is 19.5. The molecule has 4 aromatic rings. The molecule has 1 saturated heterocycles. The molecule has 41 heavy (non-hydrogen) atoms. The van der Waals surface area contributed by atoms with E-state index in [1.54, 1.807) is 48.5 Å². The van der Waals surface area contributed by atoms with E-state index in [2.05, 4.69) is 10.1 Å². The van der Waals surface area contributed by atoms with Crippen LogP contribution in [0.4, 0.5) is 13.2 Å². The van der Waals surface area contributed by atoms with Crippen molar-refractivity contribution in [2.75, 3.05) is 7.05 Å². The van der Waals surface area contributed by atoms with Gasteiger partial charge in [-0.25, -0.2) is 10.1 Å². The van der Waals surface area contributed by atoms with Crippen LogP contribution in [0.1, 0.15) is 16.7 Å². The molecule has 4 aromatic carbocycles. The molecule has 1 aliphatic rings.